The number of nitro groups is 2. The lowest BCUT2D eigenvalue weighted by atomic mass is 10.2. The van der Waals surface area contributed by atoms with Crippen molar-refractivity contribution in [2.75, 3.05) is 0 Å². The van der Waals surface area contributed by atoms with Crippen molar-refractivity contribution in [2.24, 2.45) is 0 Å². The Balaban J connectivity index is 2.09. The summed E-state index contributed by atoms with van der Waals surface area (Å²) in [5, 5.41) is 21.2. The van der Waals surface area contributed by atoms with Crippen LogP contribution in [0.25, 0.3) is 0 Å². The SMILES string of the molecule is O=[N+]([O-])c1ccc(COc2cccnc2[N+](=O)[O-])cc1. The molecule has 0 spiro atoms. The third kappa shape index (κ3) is 3.05. The summed E-state index contributed by atoms with van der Waals surface area (Å²) in [5.41, 5.74) is 0.634. The number of non-ortho nitro benzene ring substituents is 1. The first-order valence-electron chi connectivity index (χ1n) is 5.53. The van der Waals surface area contributed by atoms with Gasteiger partial charge in [-0.3, -0.25) is 10.1 Å². The first-order chi connectivity index (χ1) is 9.58. The van der Waals surface area contributed by atoms with E-state index >= 15 is 0 Å². The Kier molecular flexibility index (Phi) is 3.85. The largest absolute Gasteiger partial charge is 0.481 e. The van der Waals surface area contributed by atoms with Gasteiger partial charge in [0.05, 0.1) is 4.92 Å². The fraction of sp³-hybridized carbons (Fsp3) is 0.0833. The second kappa shape index (κ2) is 5.74. The van der Waals surface area contributed by atoms with E-state index in [-0.39, 0.29) is 23.9 Å². The molecule has 20 heavy (non-hydrogen) atoms. The van der Waals surface area contributed by atoms with Crippen LogP contribution in [0.2, 0.25) is 0 Å². The Morgan fingerprint density at radius 2 is 1.75 bits per heavy atom. The van der Waals surface area contributed by atoms with Crippen molar-refractivity contribution in [3.05, 3.63) is 68.4 Å². The van der Waals surface area contributed by atoms with Crippen LogP contribution in [0.4, 0.5) is 11.5 Å². The van der Waals surface area contributed by atoms with E-state index in [0.29, 0.717) is 5.56 Å². The minimum Gasteiger partial charge on any atom is -0.481 e. The van der Waals surface area contributed by atoms with E-state index in [2.05, 4.69) is 4.98 Å². The number of aromatic nitrogens is 1. The van der Waals surface area contributed by atoms with Gasteiger partial charge < -0.3 is 14.9 Å². The summed E-state index contributed by atoms with van der Waals surface area (Å²) >= 11 is 0. The molecule has 1 aromatic heterocycles. The molecule has 0 saturated carbocycles. The van der Waals surface area contributed by atoms with Crippen LogP contribution in [0, 0.1) is 20.2 Å². The van der Waals surface area contributed by atoms with Crippen molar-refractivity contribution in [3.63, 3.8) is 0 Å². The lowest BCUT2D eigenvalue weighted by Crippen LogP contribution is -2.00. The van der Waals surface area contributed by atoms with Crippen LogP contribution >= 0.6 is 0 Å². The van der Waals surface area contributed by atoms with E-state index in [1.54, 1.807) is 0 Å². The van der Waals surface area contributed by atoms with Crippen LogP contribution in [-0.2, 0) is 6.61 Å². The predicted octanol–water partition coefficient (Wildman–Crippen LogP) is 2.48. The fourth-order valence-electron chi connectivity index (χ4n) is 1.51. The number of hydrogen-bond donors (Lipinski definition) is 0. The highest BCUT2D eigenvalue weighted by molar-refractivity contribution is 5.39. The van der Waals surface area contributed by atoms with Crippen molar-refractivity contribution >= 4 is 11.5 Å². The van der Waals surface area contributed by atoms with Crippen molar-refractivity contribution < 1.29 is 14.6 Å². The highest BCUT2D eigenvalue weighted by Crippen LogP contribution is 2.24. The molecule has 8 heteroatoms. The van der Waals surface area contributed by atoms with Gasteiger partial charge in [0, 0.05) is 12.1 Å². The summed E-state index contributed by atoms with van der Waals surface area (Å²) < 4.78 is 5.31. The number of nitrogens with zero attached hydrogens (tertiary/aromatic N) is 3. The van der Waals surface area contributed by atoms with Crippen LogP contribution in [-0.4, -0.2) is 14.8 Å². The molecule has 1 aromatic carbocycles. The lowest BCUT2D eigenvalue weighted by molar-refractivity contribution is -0.390. The summed E-state index contributed by atoms with van der Waals surface area (Å²) in [5.74, 6) is -0.315. The monoisotopic (exact) mass is 275 g/mol. The molecule has 0 atom stereocenters. The standard InChI is InChI=1S/C12H9N3O5/c16-14(17)10-5-3-9(4-6-10)8-20-11-2-1-7-13-12(11)15(18)19/h1-7H,8H2. The molecule has 0 unspecified atom stereocenters. The van der Waals surface area contributed by atoms with Crippen LogP contribution in [0.1, 0.15) is 5.56 Å². The van der Waals surface area contributed by atoms with Crippen molar-refractivity contribution in [3.8, 4) is 5.75 Å². The molecule has 0 amide bonds. The molecule has 0 fully saturated rings. The van der Waals surface area contributed by atoms with E-state index in [9.17, 15) is 20.2 Å². The van der Waals surface area contributed by atoms with Crippen LogP contribution in [0.3, 0.4) is 0 Å². The van der Waals surface area contributed by atoms with Gasteiger partial charge >= 0.3 is 5.82 Å². The van der Waals surface area contributed by atoms with Crippen molar-refractivity contribution in [1.82, 2.24) is 4.98 Å². The minimum atomic E-state index is -0.634. The quantitative estimate of drug-likeness (QED) is 0.612. The number of benzene rings is 1. The molecule has 0 radical (unpaired) electrons. The molecule has 0 bridgehead atoms. The number of ether oxygens (including phenoxy) is 1. The molecule has 0 aliphatic rings. The Morgan fingerprint density at radius 1 is 1.05 bits per heavy atom. The van der Waals surface area contributed by atoms with Gasteiger partial charge in [-0.1, -0.05) is 0 Å². The molecule has 1 heterocycles. The fourth-order valence-corrected chi connectivity index (χ4v) is 1.51. The third-order valence-electron chi connectivity index (χ3n) is 2.47. The molecule has 102 valence electrons. The number of pyridine rings is 1. The molecule has 2 rings (SSSR count). The normalized spacial score (nSPS) is 10.0. The molecular formula is C12H9N3O5. The van der Waals surface area contributed by atoms with Crippen LogP contribution in [0.15, 0.2) is 42.6 Å². The molecule has 0 N–H and O–H groups in total. The van der Waals surface area contributed by atoms with Crippen molar-refractivity contribution in [1.29, 1.82) is 0 Å². The zero-order chi connectivity index (χ0) is 14.5. The molecule has 2 aromatic rings. The second-order valence-corrected chi connectivity index (χ2v) is 3.79. The molecule has 0 saturated heterocycles. The topological polar surface area (TPSA) is 108 Å². The van der Waals surface area contributed by atoms with Crippen molar-refractivity contribution in [2.45, 2.75) is 6.61 Å². The third-order valence-corrected chi connectivity index (χ3v) is 2.47. The van der Waals surface area contributed by atoms with E-state index in [1.807, 2.05) is 0 Å². The Hall–Kier alpha value is -3.03. The maximum atomic E-state index is 10.7. The Labute approximate surface area is 112 Å². The summed E-state index contributed by atoms with van der Waals surface area (Å²) in [6.45, 7) is 0.0600. The van der Waals surface area contributed by atoms with Gasteiger partial charge in [0.1, 0.15) is 12.8 Å². The summed E-state index contributed by atoms with van der Waals surface area (Å²) in [6, 6.07) is 8.71. The van der Waals surface area contributed by atoms with Crippen LogP contribution in [0.5, 0.6) is 5.75 Å². The van der Waals surface area contributed by atoms with Gasteiger partial charge in [0.25, 0.3) is 5.69 Å². The summed E-state index contributed by atoms with van der Waals surface area (Å²) in [6.07, 6.45) is 1.30. The molecule has 0 aliphatic carbocycles. The average Bonchev–Trinajstić information content (AvgIpc) is 2.45. The summed E-state index contributed by atoms with van der Waals surface area (Å²) in [7, 11) is 0. The number of hydrogen-bond acceptors (Lipinski definition) is 6. The maximum Gasteiger partial charge on any atom is 0.406 e. The van der Waals surface area contributed by atoms with Gasteiger partial charge in [-0.15, -0.1) is 0 Å². The second-order valence-electron chi connectivity index (χ2n) is 3.79. The van der Waals surface area contributed by atoms with Crippen LogP contribution < -0.4 is 4.74 Å². The van der Waals surface area contributed by atoms with Gasteiger partial charge in [-0.2, -0.15) is 0 Å². The predicted molar refractivity (Wildman–Crippen MR) is 68.3 cm³/mol. The van der Waals surface area contributed by atoms with E-state index in [0.717, 1.165) is 0 Å². The number of rotatable bonds is 5. The minimum absolute atomic E-state index is 0.0268. The zero-order valence-corrected chi connectivity index (χ0v) is 10.1. The highest BCUT2D eigenvalue weighted by atomic mass is 16.6. The lowest BCUT2D eigenvalue weighted by Gasteiger charge is -2.05. The van der Waals surface area contributed by atoms with E-state index in [4.69, 9.17) is 4.74 Å². The van der Waals surface area contributed by atoms with Gasteiger partial charge in [-0.25, -0.2) is 0 Å². The molecule has 8 nitrogen and oxygen atoms in total. The summed E-state index contributed by atoms with van der Waals surface area (Å²) in [4.78, 5) is 23.7. The number of nitro benzene ring substituents is 1. The van der Waals surface area contributed by atoms with E-state index in [1.165, 1.54) is 42.6 Å². The first-order valence-corrected chi connectivity index (χ1v) is 5.53. The van der Waals surface area contributed by atoms with Gasteiger partial charge in [-0.05, 0) is 39.7 Å². The molecular weight excluding hydrogens is 266 g/mol. The van der Waals surface area contributed by atoms with Gasteiger partial charge in [0.15, 0.2) is 0 Å². The Morgan fingerprint density at radius 3 is 2.35 bits per heavy atom. The van der Waals surface area contributed by atoms with Gasteiger partial charge in [0.2, 0.25) is 5.75 Å². The molecule has 0 aliphatic heterocycles. The zero-order valence-electron chi connectivity index (χ0n) is 10.1. The Bertz CT molecular complexity index is 642. The maximum absolute atomic E-state index is 10.7. The average molecular weight is 275 g/mol. The first kappa shape index (κ1) is 13.4. The highest BCUT2D eigenvalue weighted by Gasteiger charge is 2.15. The van der Waals surface area contributed by atoms with E-state index < -0.39 is 9.85 Å². The smallest absolute Gasteiger partial charge is 0.406 e.